The van der Waals surface area contributed by atoms with E-state index in [2.05, 4.69) is 5.10 Å². The highest BCUT2D eigenvalue weighted by atomic mass is 16.5. The van der Waals surface area contributed by atoms with E-state index in [4.69, 9.17) is 20.3 Å². The molecule has 0 fully saturated rings. The first-order valence-electron chi connectivity index (χ1n) is 7.03. The van der Waals surface area contributed by atoms with Crippen molar-refractivity contribution in [2.45, 2.75) is 20.4 Å². The Kier molecular flexibility index (Phi) is 5.05. The number of hydrogen-bond donors (Lipinski definition) is 2. The van der Waals surface area contributed by atoms with Gasteiger partial charge in [-0.1, -0.05) is 0 Å². The number of hydrogen-bond acceptors (Lipinski definition) is 5. The average Bonchev–Trinajstić information content (AvgIpc) is 2.83. The maximum Gasteiger partial charge on any atom is 0.161 e. The van der Waals surface area contributed by atoms with Gasteiger partial charge in [0.1, 0.15) is 5.82 Å². The van der Waals surface area contributed by atoms with Crippen LogP contribution in [-0.2, 0) is 6.54 Å². The summed E-state index contributed by atoms with van der Waals surface area (Å²) in [6.07, 6.45) is 0. The van der Waals surface area contributed by atoms with Gasteiger partial charge in [0.05, 0.1) is 32.1 Å². The van der Waals surface area contributed by atoms with E-state index in [1.165, 1.54) is 0 Å². The number of aliphatic hydroxyl groups is 1. The summed E-state index contributed by atoms with van der Waals surface area (Å²) < 4.78 is 12.7. The molecule has 0 atom stereocenters. The van der Waals surface area contributed by atoms with Gasteiger partial charge in [-0.25, -0.2) is 4.68 Å². The minimum Gasteiger partial charge on any atom is -0.490 e. The van der Waals surface area contributed by atoms with Crippen molar-refractivity contribution in [1.82, 2.24) is 9.78 Å². The van der Waals surface area contributed by atoms with Crippen LogP contribution < -0.4 is 15.2 Å². The van der Waals surface area contributed by atoms with Crippen molar-refractivity contribution in [2.24, 2.45) is 0 Å². The molecular weight excluding hydrogens is 270 g/mol. The highest BCUT2D eigenvalue weighted by Gasteiger charge is 2.11. The second-order valence-corrected chi connectivity index (χ2v) is 4.43. The van der Waals surface area contributed by atoms with Crippen molar-refractivity contribution in [2.75, 3.05) is 25.6 Å². The summed E-state index contributed by atoms with van der Waals surface area (Å²) in [5.41, 5.74) is 7.51. The summed E-state index contributed by atoms with van der Waals surface area (Å²) in [5, 5.41) is 13.4. The lowest BCUT2D eigenvalue weighted by atomic mass is 10.1. The molecule has 21 heavy (non-hydrogen) atoms. The van der Waals surface area contributed by atoms with Gasteiger partial charge in [-0.15, -0.1) is 0 Å². The maximum absolute atomic E-state index is 8.98. The molecule has 1 aromatic heterocycles. The first kappa shape index (κ1) is 15.2. The number of anilines is 1. The largest absolute Gasteiger partial charge is 0.490 e. The molecule has 114 valence electrons. The third-order valence-electron chi connectivity index (χ3n) is 2.96. The predicted molar refractivity (Wildman–Crippen MR) is 81.5 cm³/mol. The Morgan fingerprint density at radius 2 is 1.86 bits per heavy atom. The summed E-state index contributed by atoms with van der Waals surface area (Å²) in [4.78, 5) is 0. The van der Waals surface area contributed by atoms with Crippen molar-refractivity contribution >= 4 is 5.82 Å². The van der Waals surface area contributed by atoms with Gasteiger partial charge >= 0.3 is 0 Å². The SMILES string of the molecule is CCOc1ccc(-c2cc(N)n(CCO)n2)cc1OCC. The Morgan fingerprint density at radius 1 is 1.14 bits per heavy atom. The molecule has 0 aliphatic rings. The van der Waals surface area contributed by atoms with Crippen LogP contribution in [0.15, 0.2) is 24.3 Å². The molecule has 0 bridgehead atoms. The summed E-state index contributed by atoms with van der Waals surface area (Å²) in [6.45, 7) is 5.37. The molecule has 3 N–H and O–H groups in total. The van der Waals surface area contributed by atoms with E-state index in [0.29, 0.717) is 37.1 Å². The van der Waals surface area contributed by atoms with E-state index in [0.717, 1.165) is 11.3 Å². The second kappa shape index (κ2) is 6.99. The highest BCUT2D eigenvalue weighted by Crippen LogP contribution is 2.32. The van der Waals surface area contributed by atoms with E-state index in [1.54, 1.807) is 10.7 Å². The lowest BCUT2D eigenvalue weighted by molar-refractivity contribution is 0.270. The van der Waals surface area contributed by atoms with Gasteiger partial charge in [0.25, 0.3) is 0 Å². The van der Waals surface area contributed by atoms with Crippen molar-refractivity contribution in [1.29, 1.82) is 0 Å². The van der Waals surface area contributed by atoms with Crippen LogP contribution in [0, 0.1) is 0 Å². The molecule has 0 aliphatic heterocycles. The van der Waals surface area contributed by atoms with E-state index in [1.807, 2.05) is 32.0 Å². The summed E-state index contributed by atoms with van der Waals surface area (Å²) in [6, 6.07) is 7.45. The molecule has 0 unspecified atom stereocenters. The maximum atomic E-state index is 8.98. The quantitative estimate of drug-likeness (QED) is 0.814. The fourth-order valence-corrected chi connectivity index (χ4v) is 2.06. The Morgan fingerprint density at radius 3 is 2.52 bits per heavy atom. The Labute approximate surface area is 124 Å². The molecule has 2 rings (SSSR count). The first-order chi connectivity index (χ1) is 10.2. The summed E-state index contributed by atoms with van der Waals surface area (Å²) in [7, 11) is 0. The molecule has 0 saturated heterocycles. The predicted octanol–water partition coefficient (Wildman–Crippen LogP) is 1.92. The van der Waals surface area contributed by atoms with Gasteiger partial charge in [-0.3, -0.25) is 0 Å². The standard InChI is InChI=1S/C15H21N3O3/c1-3-20-13-6-5-11(9-14(13)21-4-2)12-10-15(16)18(17-12)7-8-19/h5-6,9-10,19H,3-4,7-8,16H2,1-2H3. The Hall–Kier alpha value is -2.21. The minimum atomic E-state index is -0.00120. The smallest absolute Gasteiger partial charge is 0.161 e. The third-order valence-corrected chi connectivity index (χ3v) is 2.96. The lowest BCUT2D eigenvalue weighted by Crippen LogP contribution is -2.07. The molecule has 6 nitrogen and oxygen atoms in total. The normalized spacial score (nSPS) is 10.6. The fraction of sp³-hybridized carbons (Fsp3) is 0.400. The van der Waals surface area contributed by atoms with Gasteiger partial charge in [-0.05, 0) is 32.0 Å². The zero-order chi connectivity index (χ0) is 15.2. The molecule has 0 saturated carbocycles. The highest BCUT2D eigenvalue weighted by molar-refractivity contribution is 5.66. The zero-order valence-corrected chi connectivity index (χ0v) is 12.4. The van der Waals surface area contributed by atoms with Gasteiger partial charge in [0, 0.05) is 11.6 Å². The van der Waals surface area contributed by atoms with E-state index in [-0.39, 0.29) is 6.61 Å². The molecule has 1 heterocycles. The molecule has 0 aliphatic carbocycles. The monoisotopic (exact) mass is 291 g/mol. The van der Waals surface area contributed by atoms with Crippen LogP contribution in [-0.4, -0.2) is 34.7 Å². The van der Waals surface area contributed by atoms with Crippen LogP contribution in [0.25, 0.3) is 11.3 Å². The van der Waals surface area contributed by atoms with E-state index >= 15 is 0 Å². The third kappa shape index (κ3) is 3.46. The molecular formula is C15H21N3O3. The van der Waals surface area contributed by atoms with Gasteiger partial charge < -0.3 is 20.3 Å². The number of nitrogens with two attached hydrogens (primary N) is 1. The molecule has 0 spiro atoms. The number of aliphatic hydroxyl groups excluding tert-OH is 1. The number of nitrogen functional groups attached to an aromatic ring is 1. The van der Waals surface area contributed by atoms with Crippen molar-refractivity contribution in [3.63, 3.8) is 0 Å². The molecule has 2 aromatic rings. The topological polar surface area (TPSA) is 82.5 Å². The number of rotatable bonds is 7. The van der Waals surface area contributed by atoms with Crippen molar-refractivity contribution in [3.8, 4) is 22.8 Å². The number of aromatic nitrogens is 2. The average molecular weight is 291 g/mol. The minimum absolute atomic E-state index is 0.00120. The Bertz CT molecular complexity index is 596. The van der Waals surface area contributed by atoms with Crippen LogP contribution in [0.1, 0.15) is 13.8 Å². The number of nitrogens with zero attached hydrogens (tertiary/aromatic N) is 2. The molecule has 1 aromatic carbocycles. The molecule has 0 radical (unpaired) electrons. The van der Waals surface area contributed by atoms with Crippen LogP contribution in [0.4, 0.5) is 5.82 Å². The van der Waals surface area contributed by atoms with Crippen LogP contribution in [0.3, 0.4) is 0 Å². The second-order valence-electron chi connectivity index (χ2n) is 4.43. The number of ether oxygens (including phenoxy) is 2. The van der Waals surface area contributed by atoms with Crippen molar-refractivity contribution < 1.29 is 14.6 Å². The van der Waals surface area contributed by atoms with Gasteiger partial charge in [0.15, 0.2) is 11.5 Å². The lowest BCUT2D eigenvalue weighted by Gasteiger charge is -2.11. The van der Waals surface area contributed by atoms with E-state index < -0.39 is 0 Å². The van der Waals surface area contributed by atoms with E-state index in [9.17, 15) is 0 Å². The zero-order valence-electron chi connectivity index (χ0n) is 12.4. The Balaban J connectivity index is 2.35. The van der Waals surface area contributed by atoms with Gasteiger partial charge in [-0.2, -0.15) is 5.10 Å². The molecule has 0 amide bonds. The first-order valence-corrected chi connectivity index (χ1v) is 7.03. The van der Waals surface area contributed by atoms with Crippen LogP contribution in [0.2, 0.25) is 0 Å². The summed E-state index contributed by atoms with van der Waals surface area (Å²) >= 11 is 0. The van der Waals surface area contributed by atoms with Crippen LogP contribution >= 0.6 is 0 Å². The van der Waals surface area contributed by atoms with Crippen molar-refractivity contribution in [3.05, 3.63) is 24.3 Å². The summed E-state index contributed by atoms with van der Waals surface area (Å²) in [5.74, 6) is 1.92. The number of benzene rings is 1. The van der Waals surface area contributed by atoms with Crippen LogP contribution in [0.5, 0.6) is 11.5 Å². The fourth-order valence-electron chi connectivity index (χ4n) is 2.06. The van der Waals surface area contributed by atoms with Gasteiger partial charge in [0.2, 0.25) is 0 Å². The molecule has 6 heteroatoms.